The molecule has 0 spiro atoms. The van der Waals surface area contributed by atoms with Crippen molar-refractivity contribution in [2.75, 3.05) is 0 Å². The van der Waals surface area contributed by atoms with Crippen molar-refractivity contribution in [3.63, 3.8) is 0 Å². The lowest BCUT2D eigenvalue weighted by atomic mass is 9.72. The maximum Gasteiger partial charge on any atom is 0.411 e. The topological polar surface area (TPSA) is 40.5 Å². The van der Waals surface area contributed by atoms with Crippen LogP contribution < -0.4 is 0 Å². The Bertz CT molecular complexity index is 709. The van der Waals surface area contributed by atoms with Gasteiger partial charge >= 0.3 is 12.4 Å². The molecule has 2 nitrogen and oxygen atoms in total. The molecule has 0 bridgehead atoms. The van der Waals surface area contributed by atoms with Crippen LogP contribution in [0.4, 0.5) is 26.3 Å². The van der Waals surface area contributed by atoms with Crippen molar-refractivity contribution in [3.8, 4) is 5.75 Å². The molecule has 2 rings (SSSR count). The molecule has 1 aromatic carbocycles. The van der Waals surface area contributed by atoms with E-state index < -0.39 is 40.8 Å². The number of aliphatic hydroxyl groups is 1. The van der Waals surface area contributed by atoms with Crippen LogP contribution in [-0.4, -0.2) is 28.7 Å². The minimum atomic E-state index is -5.71. The minimum absolute atomic E-state index is 0.204. The Morgan fingerprint density at radius 3 is 1.88 bits per heavy atom. The van der Waals surface area contributed by atoms with Gasteiger partial charge in [-0.3, -0.25) is 0 Å². The zero-order valence-corrected chi connectivity index (χ0v) is 12.9. The highest BCUT2D eigenvalue weighted by Gasteiger charge is 2.72. The van der Waals surface area contributed by atoms with Crippen molar-refractivity contribution in [2.45, 2.75) is 30.8 Å². The normalized spacial score (nSPS) is 19.3. The summed E-state index contributed by atoms with van der Waals surface area (Å²) in [6.07, 6.45) is -9.48. The van der Waals surface area contributed by atoms with Gasteiger partial charge in [0.05, 0.1) is 6.10 Å². The molecular weight excluding hydrogens is 350 g/mol. The van der Waals surface area contributed by atoms with Crippen molar-refractivity contribution in [2.24, 2.45) is 0 Å². The van der Waals surface area contributed by atoms with Gasteiger partial charge in [-0.1, -0.05) is 36.4 Å². The molecule has 1 aliphatic carbocycles. The third-order valence-corrected chi connectivity index (χ3v) is 4.03. The molecular formula is C17H14F6O2. The van der Waals surface area contributed by atoms with E-state index in [1.165, 1.54) is 6.92 Å². The van der Waals surface area contributed by atoms with Gasteiger partial charge in [-0.05, 0) is 35.8 Å². The first-order valence-electron chi connectivity index (χ1n) is 7.09. The number of halogens is 6. The number of benzene rings is 1. The van der Waals surface area contributed by atoms with Gasteiger partial charge in [0.1, 0.15) is 5.75 Å². The standard InChI is InChI=1S/C17H14F6O2/c1-10-2-3-11(6-9-14(10)25)15(16(18,19)20,17(21,22)23)12-4-7-13(24)8-5-12/h2-9,14,24-25H,1H3. The van der Waals surface area contributed by atoms with Gasteiger partial charge in [-0.25, -0.2) is 0 Å². The molecule has 1 aliphatic rings. The molecule has 0 fully saturated rings. The van der Waals surface area contributed by atoms with Crippen molar-refractivity contribution >= 4 is 0 Å². The van der Waals surface area contributed by atoms with Crippen molar-refractivity contribution in [1.82, 2.24) is 0 Å². The lowest BCUT2D eigenvalue weighted by Gasteiger charge is -2.39. The first kappa shape index (κ1) is 19.1. The fraction of sp³-hybridized carbons (Fsp3) is 0.294. The maximum absolute atomic E-state index is 13.8. The van der Waals surface area contributed by atoms with Gasteiger partial charge in [0.15, 0.2) is 0 Å². The Morgan fingerprint density at radius 2 is 1.40 bits per heavy atom. The van der Waals surface area contributed by atoms with E-state index in [9.17, 15) is 36.6 Å². The molecule has 25 heavy (non-hydrogen) atoms. The third-order valence-electron chi connectivity index (χ3n) is 4.03. The first-order valence-corrected chi connectivity index (χ1v) is 7.09. The molecule has 0 saturated carbocycles. The largest absolute Gasteiger partial charge is 0.508 e. The Balaban J connectivity index is 2.85. The van der Waals surface area contributed by atoms with E-state index in [-0.39, 0.29) is 5.57 Å². The summed E-state index contributed by atoms with van der Waals surface area (Å²) in [4.78, 5) is 0. The van der Waals surface area contributed by atoms with Crippen molar-refractivity contribution < 1.29 is 36.6 Å². The number of aliphatic hydroxyl groups excluding tert-OH is 1. The number of rotatable bonds is 2. The van der Waals surface area contributed by atoms with E-state index in [4.69, 9.17) is 0 Å². The molecule has 0 aliphatic heterocycles. The summed E-state index contributed by atoms with van der Waals surface area (Å²) in [5.74, 6) is -0.460. The number of phenolic OH excluding ortho intramolecular Hbond substituents is 1. The van der Waals surface area contributed by atoms with Crippen LogP contribution in [0, 0.1) is 0 Å². The number of hydrogen-bond acceptors (Lipinski definition) is 2. The van der Waals surface area contributed by atoms with E-state index in [0.29, 0.717) is 24.3 Å². The molecule has 8 heteroatoms. The van der Waals surface area contributed by atoms with Crippen LogP contribution in [0.5, 0.6) is 5.75 Å². The van der Waals surface area contributed by atoms with Crippen LogP contribution in [0.1, 0.15) is 12.5 Å². The average molecular weight is 364 g/mol. The maximum atomic E-state index is 13.8. The second kappa shape index (κ2) is 6.25. The molecule has 0 radical (unpaired) electrons. The Labute approximate surface area is 139 Å². The quantitative estimate of drug-likeness (QED) is 0.756. The Hall–Kier alpha value is -2.22. The van der Waals surface area contributed by atoms with E-state index in [0.717, 1.165) is 24.3 Å². The van der Waals surface area contributed by atoms with Gasteiger partial charge < -0.3 is 10.2 Å². The van der Waals surface area contributed by atoms with Gasteiger partial charge in [0.25, 0.3) is 0 Å². The highest BCUT2D eigenvalue weighted by molar-refractivity contribution is 5.50. The molecule has 0 saturated heterocycles. The predicted molar refractivity (Wildman–Crippen MR) is 78.9 cm³/mol. The Morgan fingerprint density at radius 1 is 0.880 bits per heavy atom. The number of hydrogen-bond donors (Lipinski definition) is 2. The smallest absolute Gasteiger partial charge is 0.411 e. The molecule has 1 unspecified atom stereocenters. The van der Waals surface area contributed by atoms with Crippen LogP contribution in [0.25, 0.3) is 0 Å². The number of alkyl halides is 6. The summed E-state index contributed by atoms with van der Waals surface area (Å²) in [5.41, 5.74) is -6.25. The van der Waals surface area contributed by atoms with E-state index in [2.05, 4.69) is 0 Å². The molecule has 0 amide bonds. The van der Waals surface area contributed by atoms with Crippen LogP contribution in [-0.2, 0) is 5.41 Å². The van der Waals surface area contributed by atoms with Crippen molar-refractivity contribution in [1.29, 1.82) is 0 Å². The Kier molecular flexibility index (Phi) is 4.78. The molecule has 0 heterocycles. The fourth-order valence-corrected chi connectivity index (χ4v) is 2.67. The second-order valence-electron chi connectivity index (χ2n) is 5.63. The summed E-state index contributed by atoms with van der Waals surface area (Å²) in [5, 5.41) is 18.9. The van der Waals surface area contributed by atoms with Gasteiger partial charge in [0.2, 0.25) is 5.41 Å². The van der Waals surface area contributed by atoms with E-state index in [1.54, 1.807) is 0 Å². The van der Waals surface area contributed by atoms with E-state index in [1.807, 2.05) is 0 Å². The summed E-state index contributed by atoms with van der Waals surface area (Å²) in [6, 6.07) is 2.70. The van der Waals surface area contributed by atoms with Gasteiger partial charge in [-0.15, -0.1) is 0 Å². The first-order chi connectivity index (χ1) is 11.4. The predicted octanol–water partition coefficient (Wildman–Crippen LogP) is 4.56. The summed E-state index contributed by atoms with van der Waals surface area (Å²) in [7, 11) is 0. The molecule has 2 N–H and O–H groups in total. The molecule has 136 valence electrons. The SMILES string of the molecule is CC1=CC=C(C(c2ccc(O)cc2)(C(F)(F)F)C(F)(F)F)C=CC1O. The lowest BCUT2D eigenvalue weighted by molar-refractivity contribution is -0.288. The lowest BCUT2D eigenvalue weighted by Crippen LogP contribution is -2.55. The van der Waals surface area contributed by atoms with Crippen LogP contribution in [0.2, 0.25) is 0 Å². The molecule has 1 atom stereocenters. The molecule has 0 aromatic heterocycles. The number of phenols is 1. The number of aromatic hydroxyl groups is 1. The average Bonchev–Trinajstić information content (AvgIpc) is 2.63. The zero-order chi connectivity index (χ0) is 19.0. The van der Waals surface area contributed by atoms with E-state index >= 15 is 0 Å². The van der Waals surface area contributed by atoms with Crippen LogP contribution >= 0.6 is 0 Å². The highest BCUT2D eigenvalue weighted by atomic mass is 19.4. The zero-order valence-electron chi connectivity index (χ0n) is 12.9. The fourth-order valence-electron chi connectivity index (χ4n) is 2.67. The second-order valence-corrected chi connectivity index (χ2v) is 5.63. The minimum Gasteiger partial charge on any atom is -0.508 e. The van der Waals surface area contributed by atoms with Gasteiger partial charge in [0, 0.05) is 0 Å². The molecule has 1 aromatic rings. The summed E-state index contributed by atoms with van der Waals surface area (Å²) < 4.78 is 83.0. The summed E-state index contributed by atoms with van der Waals surface area (Å²) >= 11 is 0. The highest BCUT2D eigenvalue weighted by Crippen LogP contribution is 2.57. The van der Waals surface area contributed by atoms with Crippen LogP contribution in [0.3, 0.4) is 0 Å². The van der Waals surface area contributed by atoms with Crippen LogP contribution in [0.15, 0.2) is 59.7 Å². The third kappa shape index (κ3) is 3.18. The summed E-state index contributed by atoms with van der Waals surface area (Å²) in [6.45, 7) is 1.39. The van der Waals surface area contributed by atoms with Crippen molar-refractivity contribution in [3.05, 3.63) is 65.3 Å². The van der Waals surface area contributed by atoms with Gasteiger partial charge in [-0.2, -0.15) is 26.3 Å². The number of allylic oxidation sites excluding steroid dienone is 4. The monoisotopic (exact) mass is 364 g/mol.